The molecule has 1 saturated heterocycles. The van der Waals surface area contributed by atoms with Crippen molar-refractivity contribution in [1.29, 1.82) is 0 Å². The van der Waals surface area contributed by atoms with Gasteiger partial charge in [-0.2, -0.15) is 0 Å². The number of nitrogen functional groups attached to an aromatic ring is 1. The quantitative estimate of drug-likeness (QED) is 0.171. The Morgan fingerprint density at radius 1 is 1.07 bits per heavy atom. The van der Waals surface area contributed by atoms with Crippen LogP contribution in [0.5, 0.6) is 0 Å². The van der Waals surface area contributed by atoms with E-state index in [1.807, 2.05) is 41.0 Å². The third-order valence-electron chi connectivity index (χ3n) is 6.92. The normalized spacial score (nSPS) is 21.2. The number of phosphoric ester groups is 1. The van der Waals surface area contributed by atoms with Crippen LogP contribution in [0.25, 0.3) is 16.9 Å². The van der Waals surface area contributed by atoms with Gasteiger partial charge in [-0.1, -0.05) is 41.9 Å². The number of aliphatic hydroxyl groups excluding tert-OH is 2. The summed E-state index contributed by atoms with van der Waals surface area (Å²) in [6, 6.07) is 15.9. The number of nitrogens with zero attached hydrogens (tertiary/aromatic N) is 8. The first kappa shape index (κ1) is 29.9. The van der Waals surface area contributed by atoms with Crippen LogP contribution in [-0.2, 0) is 20.4 Å². The minimum Gasteiger partial charge on any atom is -0.387 e. The van der Waals surface area contributed by atoms with Gasteiger partial charge in [0, 0.05) is 16.1 Å². The van der Waals surface area contributed by atoms with Crippen LogP contribution in [0.4, 0.5) is 5.82 Å². The number of hydrogen-bond acceptors (Lipinski definition) is 12. The van der Waals surface area contributed by atoms with E-state index in [-0.39, 0.29) is 11.5 Å². The molecule has 1 fully saturated rings. The SMILES string of the molecule is Clc1ccc2c(c1)C(c1ccccc1)=NCc1nncn1-2.Nc1ncnc2c1ncn2[C@@H]1O[C@H](COP(=O)(O)O)[C@@H](O)[C@H]1O. The van der Waals surface area contributed by atoms with Crippen molar-refractivity contribution < 1.29 is 33.8 Å². The Balaban J connectivity index is 0.000000156. The van der Waals surface area contributed by atoms with Crippen molar-refractivity contribution in [2.45, 2.75) is 31.1 Å². The fraction of sp³-hybridized carbons (Fsp3) is 0.231. The molecule has 2 aromatic carbocycles. The zero-order valence-corrected chi connectivity index (χ0v) is 24.2. The molecule has 3 aromatic heterocycles. The second kappa shape index (κ2) is 12.1. The number of anilines is 1. The Bertz CT molecular complexity index is 1880. The maximum atomic E-state index is 10.7. The van der Waals surface area contributed by atoms with Gasteiger partial charge in [-0.15, -0.1) is 10.2 Å². The standard InChI is InChI=1S/C16H11ClN4.C10H14N5O7P/c17-12-6-7-14-13(8-12)16(11-4-2-1-3-5-11)18-9-15-20-19-10-21(14)15;11-8-5-9(13-2-12-8)15(3-14-5)10-7(17)6(16)4(22-10)1-21-23(18,19)20/h1-8,10H,9H2;2-4,6-7,10,16-17H,1H2,(H2,11,12,13)(H2,18,19,20)/t;4-,6-,7-,10-/m.1/s1. The predicted molar refractivity (Wildman–Crippen MR) is 156 cm³/mol. The Kier molecular flexibility index (Phi) is 8.24. The van der Waals surface area contributed by atoms with Crippen molar-refractivity contribution in [3.05, 3.63) is 89.5 Å². The van der Waals surface area contributed by atoms with E-state index in [0.717, 1.165) is 28.4 Å². The van der Waals surface area contributed by atoms with Gasteiger partial charge in [0.15, 0.2) is 23.5 Å². The number of phosphoric acid groups is 1. The van der Waals surface area contributed by atoms with Crippen molar-refractivity contribution in [2.24, 2.45) is 4.99 Å². The first-order valence-electron chi connectivity index (χ1n) is 13.0. The van der Waals surface area contributed by atoms with Crippen molar-refractivity contribution in [1.82, 2.24) is 34.3 Å². The number of aliphatic hydroxyl groups is 2. The molecule has 0 aliphatic carbocycles. The molecule has 2 aliphatic heterocycles. The molecule has 0 amide bonds. The maximum Gasteiger partial charge on any atom is 0.469 e. The average Bonchev–Trinajstić information content (AvgIpc) is 3.69. The lowest BCUT2D eigenvalue weighted by Gasteiger charge is -2.16. The Labute approximate surface area is 253 Å². The zero-order chi connectivity index (χ0) is 31.0. The highest BCUT2D eigenvalue weighted by atomic mass is 35.5. The van der Waals surface area contributed by atoms with E-state index < -0.39 is 39.0 Å². The van der Waals surface area contributed by atoms with Crippen LogP contribution < -0.4 is 5.73 Å². The fourth-order valence-electron chi connectivity index (χ4n) is 4.88. The summed E-state index contributed by atoms with van der Waals surface area (Å²) in [5.41, 5.74) is 10.2. The molecular weight excluding hydrogens is 617 g/mol. The Hall–Kier alpha value is -4.12. The third-order valence-corrected chi connectivity index (χ3v) is 7.64. The van der Waals surface area contributed by atoms with Gasteiger partial charge < -0.3 is 30.5 Å². The van der Waals surface area contributed by atoms with Crippen molar-refractivity contribution >= 4 is 42.1 Å². The number of rotatable bonds is 5. The van der Waals surface area contributed by atoms with E-state index in [4.69, 9.17) is 36.9 Å². The third kappa shape index (κ3) is 5.97. The van der Waals surface area contributed by atoms with Crippen LogP contribution in [0.2, 0.25) is 5.02 Å². The molecule has 0 saturated carbocycles. The number of ether oxygens (including phenoxy) is 1. The highest BCUT2D eigenvalue weighted by molar-refractivity contribution is 7.46. The molecular formula is C26H25ClN9O7P. The van der Waals surface area contributed by atoms with Crippen molar-refractivity contribution in [2.75, 3.05) is 12.3 Å². The molecule has 2 aliphatic rings. The molecule has 18 heteroatoms. The Morgan fingerprint density at radius 2 is 1.86 bits per heavy atom. The molecule has 0 spiro atoms. The first-order valence-corrected chi connectivity index (χ1v) is 15.0. The lowest BCUT2D eigenvalue weighted by Crippen LogP contribution is -2.33. The number of halogens is 1. The number of aromatic nitrogens is 7. The summed E-state index contributed by atoms with van der Waals surface area (Å²) in [7, 11) is -4.72. The number of aliphatic imine (C=N–C) groups is 1. The largest absolute Gasteiger partial charge is 0.469 e. The van der Waals surface area contributed by atoms with E-state index in [1.165, 1.54) is 17.2 Å². The lowest BCUT2D eigenvalue weighted by atomic mass is 10.0. The summed E-state index contributed by atoms with van der Waals surface area (Å²) in [5.74, 6) is 0.965. The van der Waals surface area contributed by atoms with Gasteiger partial charge in [0.2, 0.25) is 0 Å². The van der Waals surface area contributed by atoms with Gasteiger partial charge in [-0.3, -0.25) is 18.7 Å². The van der Waals surface area contributed by atoms with Gasteiger partial charge in [0.05, 0.1) is 24.3 Å². The van der Waals surface area contributed by atoms with Crippen LogP contribution in [-0.4, -0.2) is 84.9 Å². The molecule has 5 aromatic rings. The highest BCUT2D eigenvalue weighted by Gasteiger charge is 2.45. The zero-order valence-electron chi connectivity index (χ0n) is 22.6. The number of hydrogen-bond donors (Lipinski definition) is 5. The summed E-state index contributed by atoms with van der Waals surface area (Å²) in [6.07, 6.45) is -0.776. The Morgan fingerprint density at radius 3 is 2.64 bits per heavy atom. The van der Waals surface area contributed by atoms with E-state index in [9.17, 15) is 14.8 Å². The van der Waals surface area contributed by atoms with E-state index in [0.29, 0.717) is 17.1 Å². The maximum absolute atomic E-state index is 10.7. The monoisotopic (exact) mass is 641 g/mol. The predicted octanol–water partition coefficient (Wildman–Crippen LogP) is 1.41. The molecule has 7 rings (SSSR count). The summed E-state index contributed by atoms with van der Waals surface area (Å²) in [4.78, 5) is 33.9. The molecule has 5 heterocycles. The smallest absolute Gasteiger partial charge is 0.387 e. The number of nitrogens with two attached hydrogens (primary N) is 1. The van der Waals surface area contributed by atoms with E-state index in [2.05, 4.69) is 41.8 Å². The fourth-order valence-corrected chi connectivity index (χ4v) is 5.39. The van der Waals surface area contributed by atoms with Gasteiger partial charge in [0.25, 0.3) is 0 Å². The summed E-state index contributed by atoms with van der Waals surface area (Å²) < 4.78 is 23.8. The van der Waals surface area contributed by atoms with E-state index in [1.54, 1.807) is 6.33 Å². The first-order chi connectivity index (χ1) is 21.1. The highest BCUT2D eigenvalue weighted by Crippen LogP contribution is 2.39. The second-order valence-corrected chi connectivity index (χ2v) is 11.4. The van der Waals surface area contributed by atoms with Crippen LogP contribution in [0.15, 0.2) is 72.5 Å². The van der Waals surface area contributed by atoms with E-state index >= 15 is 0 Å². The molecule has 16 nitrogen and oxygen atoms in total. The lowest BCUT2D eigenvalue weighted by molar-refractivity contribution is -0.0504. The topological polar surface area (TPSA) is 229 Å². The molecule has 6 N–H and O–H groups in total. The number of imidazole rings is 1. The van der Waals surface area contributed by atoms with Crippen LogP contribution in [0.3, 0.4) is 0 Å². The minimum atomic E-state index is -4.72. The van der Waals surface area contributed by atoms with Gasteiger partial charge in [-0.25, -0.2) is 19.5 Å². The number of fused-ring (bicyclic) bond motifs is 4. The molecule has 228 valence electrons. The van der Waals surface area contributed by atoms with Crippen molar-refractivity contribution in [3.8, 4) is 5.69 Å². The number of benzene rings is 2. The molecule has 0 unspecified atom stereocenters. The van der Waals surface area contributed by atoms with Gasteiger partial charge >= 0.3 is 7.82 Å². The van der Waals surface area contributed by atoms with Crippen LogP contribution in [0, 0.1) is 0 Å². The van der Waals surface area contributed by atoms with Crippen LogP contribution in [0.1, 0.15) is 23.2 Å². The summed E-state index contributed by atoms with van der Waals surface area (Å²) in [5, 5.41) is 28.9. The molecule has 0 radical (unpaired) electrons. The molecule has 0 bridgehead atoms. The van der Waals surface area contributed by atoms with Gasteiger partial charge in [-0.05, 0) is 18.2 Å². The average molecular weight is 642 g/mol. The second-order valence-electron chi connectivity index (χ2n) is 9.73. The summed E-state index contributed by atoms with van der Waals surface area (Å²) >= 11 is 6.19. The van der Waals surface area contributed by atoms with Gasteiger partial charge in [0.1, 0.15) is 43.0 Å². The summed E-state index contributed by atoms with van der Waals surface area (Å²) in [6.45, 7) is -0.0979. The minimum absolute atomic E-state index is 0.142. The van der Waals surface area contributed by atoms with Crippen molar-refractivity contribution in [3.63, 3.8) is 0 Å². The molecule has 4 atom stereocenters. The molecule has 44 heavy (non-hydrogen) atoms. The van der Waals surface area contributed by atoms with Crippen LogP contribution >= 0.6 is 19.4 Å².